The lowest BCUT2D eigenvalue weighted by atomic mass is 10.1. The van der Waals surface area contributed by atoms with Crippen LogP contribution in [-0.4, -0.2) is 38.3 Å². The second kappa shape index (κ2) is 9.46. The summed E-state index contributed by atoms with van der Waals surface area (Å²) >= 11 is 5.06. The minimum Gasteiger partial charge on any atom is -0.465 e. The van der Waals surface area contributed by atoms with E-state index in [4.69, 9.17) is 14.2 Å². The Kier molecular flexibility index (Phi) is 8.33. The molecule has 0 fully saturated rings. The lowest BCUT2D eigenvalue weighted by molar-refractivity contribution is -0.120. The minimum absolute atomic E-state index is 0.244. The van der Waals surface area contributed by atoms with Gasteiger partial charge in [-0.15, -0.1) is 11.8 Å². The number of ether oxygens (including phenoxy) is 3. The van der Waals surface area contributed by atoms with Crippen LogP contribution in [0.3, 0.4) is 0 Å². The zero-order chi connectivity index (χ0) is 15.8. The molecule has 0 spiro atoms. The van der Waals surface area contributed by atoms with E-state index in [2.05, 4.69) is 15.9 Å². The van der Waals surface area contributed by atoms with Crippen LogP contribution in [0, 0.1) is 6.92 Å². The van der Waals surface area contributed by atoms with Crippen molar-refractivity contribution < 1.29 is 19.0 Å². The monoisotopic (exact) mass is 376 g/mol. The van der Waals surface area contributed by atoms with E-state index in [9.17, 15) is 4.79 Å². The Hall–Kier alpha value is -0.560. The molecule has 0 N–H and O–H groups in total. The molecule has 0 heterocycles. The molecule has 0 unspecified atom stereocenters. The summed E-state index contributed by atoms with van der Waals surface area (Å²) in [7, 11) is 1.38. The second-order valence-electron chi connectivity index (χ2n) is 4.22. The molecule has 0 saturated carbocycles. The van der Waals surface area contributed by atoms with Gasteiger partial charge in [0.05, 0.1) is 12.7 Å². The third-order valence-electron chi connectivity index (χ3n) is 2.81. The van der Waals surface area contributed by atoms with Crippen molar-refractivity contribution in [1.82, 2.24) is 0 Å². The number of esters is 1. The van der Waals surface area contributed by atoms with Gasteiger partial charge in [0.2, 0.25) is 0 Å². The summed E-state index contributed by atoms with van der Waals surface area (Å²) in [6.45, 7) is 6.98. The zero-order valence-corrected chi connectivity index (χ0v) is 15.2. The highest BCUT2D eigenvalue weighted by Gasteiger charge is 2.15. The highest BCUT2D eigenvalue weighted by Crippen LogP contribution is 2.29. The number of benzene rings is 1. The highest BCUT2D eigenvalue weighted by molar-refractivity contribution is 9.10. The topological polar surface area (TPSA) is 44.8 Å². The van der Waals surface area contributed by atoms with E-state index >= 15 is 0 Å². The summed E-state index contributed by atoms with van der Waals surface area (Å²) in [5.74, 6) is 0.333. The fraction of sp³-hybridized carbons (Fsp3) is 0.533. The molecule has 118 valence electrons. The van der Waals surface area contributed by atoms with Crippen molar-refractivity contribution in [3.05, 3.63) is 27.7 Å². The molecule has 0 amide bonds. The second-order valence-corrected chi connectivity index (χ2v) is 6.17. The van der Waals surface area contributed by atoms with Crippen molar-refractivity contribution in [3.63, 3.8) is 0 Å². The molecule has 0 aromatic heterocycles. The molecule has 1 aromatic carbocycles. The number of hydrogen-bond donors (Lipinski definition) is 0. The van der Waals surface area contributed by atoms with Gasteiger partial charge in [0.25, 0.3) is 0 Å². The molecule has 0 radical (unpaired) electrons. The van der Waals surface area contributed by atoms with Gasteiger partial charge in [-0.05, 0) is 38.5 Å². The number of methoxy groups -OCH3 is 1. The van der Waals surface area contributed by atoms with Gasteiger partial charge in [-0.2, -0.15) is 0 Å². The Morgan fingerprint density at radius 2 is 1.90 bits per heavy atom. The number of rotatable bonds is 8. The molecule has 21 heavy (non-hydrogen) atoms. The van der Waals surface area contributed by atoms with E-state index < -0.39 is 0 Å². The van der Waals surface area contributed by atoms with Crippen LogP contribution in [-0.2, 0) is 14.2 Å². The lowest BCUT2D eigenvalue weighted by Gasteiger charge is -2.17. The summed E-state index contributed by atoms with van der Waals surface area (Å²) in [5.41, 5.74) is 1.44. The largest absolute Gasteiger partial charge is 0.465 e. The smallest absolute Gasteiger partial charge is 0.338 e. The summed E-state index contributed by atoms with van der Waals surface area (Å²) < 4.78 is 16.7. The maximum absolute atomic E-state index is 11.8. The first-order chi connectivity index (χ1) is 10.0. The van der Waals surface area contributed by atoms with Crippen LogP contribution >= 0.6 is 27.7 Å². The predicted molar refractivity (Wildman–Crippen MR) is 88.0 cm³/mol. The van der Waals surface area contributed by atoms with Gasteiger partial charge in [-0.25, -0.2) is 4.79 Å². The molecule has 0 aliphatic rings. The molecular weight excluding hydrogens is 356 g/mol. The maximum Gasteiger partial charge on any atom is 0.338 e. The summed E-state index contributed by atoms with van der Waals surface area (Å²) in [6, 6.07) is 3.83. The van der Waals surface area contributed by atoms with Gasteiger partial charge in [-0.3, -0.25) is 0 Å². The number of thioether (sulfide) groups is 1. The summed E-state index contributed by atoms with van der Waals surface area (Å²) in [4.78, 5) is 12.7. The van der Waals surface area contributed by atoms with Crippen molar-refractivity contribution >= 4 is 33.7 Å². The zero-order valence-electron chi connectivity index (χ0n) is 12.8. The van der Waals surface area contributed by atoms with Gasteiger partial charge < -0.3 is 14.2 Å². The van der Waals surface area contributed by atoms with Crippen molar-refractivity contribution in [2.45, 2.75) is 32.0 Å². The van der Waals surface area contributed by atoms with E-state index in [0.717, 1.165) is 14.9 Å². The van der Waals surface area contributed by atoms with Crippen molar-refractivity contribution in [3.8, 4) is 0 Å². The Balaban J connectivity index is 2.83. The van der Waals surface area contributed by atoms with Gasteiger partial charge in [0.1, 0.15) is 0 Å². The molecule has 1 rings (SSSR count). The summed E-state index contributed by atoms with van der Waals surface area (Å²) in [6.07, 6.45) is -0.244. The Morgan fingerprint density at radius 3 is 2.43 bits per heavy atom. The van der Waals surface area contributed by atoms with Crippen molar-refractivity contribution in [2.75, 3.05) is 26.1 Å². The number of carbonyl (C=O) groups is 1. The van der Waals surface area contributed by atoms with Gasteiger partial charge in [-0.1, -0.05) is 15.9 Å². The third kappa shape index (κ3) is 5.62. The summed E-state index contributed by atoms with van der Waals surface area (Å²) in [5, 5.41) is 0. The van der Waals surface area contributed by atoms with Crippen LogP contribution in [0.15, 0.2) is 21.5 Å². The highest BCUT2D eigenvalue weighted by atomic mass is 79.9. The number of halogens is 1. The maximum atomic E-state index is 11.8. The van der Waals surface area contributed by atoms with Gasteiger partial charge >= 0.3 is 5.97 Å². The molecule has 0 saturated heterocycles. The number of carbonyl (C=O) groups excluding carboxylic acids is 1. The Labute approximate surface area is 138 Å². The number of hydrogen-bond acceptors (Lipinski definition) is 5. The van der Waals surface area contributed by atoms with Gasteiger partial charge in [0, 0.05) is 28.3 Å². The first kappa shape index (κ1) is 18.5. The molecule has 0 aliphatic carbocycles. The lowest BCUT2D eigenvalue weighted by Crippen LogP contribution is -2.20. The van der Waals surface area contributed by atoms with E-state index in [1.807, 2.05) is 32.9 Å². The van der Waals surface area contributed by atoms with E-state index in [-0.39, 0.29) is 12.3 Å². The predicted octanol–water partition coefficient (Wildman–Crippen LogP) is 4.04. The molecule has 0 bridgehead atoms. The Morgan fingerprint density at radius 1 is 1.29 bits per heavy atom. The first-order valence-corrected chi connectivity index (χ1v) is 8.55. The van der Waals surface area contributed by atoms with Crippen molar-refractivity contribution in [1.29, 1.82) is 0 Å². The molecule has 0 atom stereocenters. The van der Waals surface area contributed by atoms with Gasteiger partial charge in [0.15, 0.2) is 6.29 Å². The first-order valence-electron chi connectivity index (χ1n) is 6.77. The minimum atomic E-state index is -0.332. The molecule has 6 heteroatoms. The molecule has 0 aliphatic heterocycles. The molecular formula is C15H21BrO4S. The Bertz CT molecular complexity index is 473. The quantitative estimate of drug-likeness (QED) is 0.389. The van der Waals surface area contributed by atoms with Crippen LogP contribution in [0.5, 0.6) is 0 Å². The molecule has 1 aromatic rings. The SMILES string of the molecule is CCOC(CSc1cc(Br)c(C)c(C(=O)OC)c1)OCC. The van der Waals surface area contributed by atoms with Crippen LogP contribution in [0.2, 0.25) is 0 Å². The third-order valence-corrected chi connectivity index (χ3v) is 4.65. The molecule has 4 nitrogen and oxygen atoms in total. The fourth-order valence-electron chi connectivity index (χ4n) is 1.74. The average molecular weight is 377 g/mol. The van der Waals surface area contributed by atoms with Crippen LogP contribution < -0.4 is 0 Å². The fourth-order valence-corrected chi connectivity index (χ4v) is 3.27. The van der Waals surface area contributed by atoms with Crippen LogP contribution in [0.25, 0.3) is 0 Å². The van der Waals surface area contributed by atoms with E-state index in [1.54, 1.807) is 11.8 Å². The standard InChI is InChI=1S/C15H21BrO4S/c1-5-19-14(20-6-2)9-21-11-7-12(15(17)18-4)10(3)13(16)8-11/h7-8,14H,5-6,9H2,1-4H3. The average Bonchev–Trinajstić information content (AvgIpc) is 2.47. The van der Waals surface area contributed by atoms with Crippen LogP contribution in [0.1, 0.15) is 29.8 Å². The van der Waals surface area contributed by atoms with E-state index in [1.165, 1.54) is 7.11 Å². The van der Waals surface area contributed by atoms with Crippen LogP contribution in [0.4, 0.5) is 0 Å². The van der Waals surface area contributed by atoms with Crippen molar-refractivity contribution in [2.24, 2.45) is 0 Å². The normalized spacial score (nSPS) is 11.0. The van der Waals surface area contributed by atoms with E-state index in [0.29, 0.717) is 24.5 Å².